The summed E-state index contributed by atoms with van der Waals surface area (Å²) in [5.41, 5.74) is 0.201. The Morgan fingerprint density at radius 3 is 2.73 bits per heavy atom. The fourth-order valence-electron chi connectivity index (χ4n) is 3.65. The van der Waals surface area contributed by atoms with Crippen molar-refractivity contribution in [2.24, 2.45) is 0 Å². The van der Waals surface area contributed by atoms with Crippen molar-refractivity contribution in [2.75, 3.05) is 39.4 Å². The average Bonchev–Trinajstić information content (AvgIpc) is 2.84. The minimum absolute atomic E-state index is 0.0338. The standard InChI is InChI=1S/C23H23N5O5/c24-14-18-19-17(6-8-28(22(19)30)15-16-4-2-1-3-5-16)20(29)21(26-18)33-23(31)25-7-9-27-10-12-32-13-11-27/h1-6,8,29H,7,9-13,15H2,(H,25,31). The van der Waals surface area contributed by atoms with Crippen LogP contribution in [0.25, 0.3) is 10.8 Å². The van der Waals surface area contributed by atoms with Crippen molar-refractivity contribution >= 4 is 16.9 Å². The summed E-state index contributed by atoms with van der Waals surface area (Å²) in [4.78, 5) is 31.3. The van der Waals surface area contributed by atoms with E-state index in [1.807, 2.05) is 36.4 Å². The van der Waals surface area contributed by atoms with E-state index >= 15 is 0 Å². The number of carbonyl (C=O) groups excluding carboxylic acids is 1. The van der Waals surface area contributed by atoms with Crippen LogP contribution >= 0.6 is 0 Å². The summed E-state index contributed by atoms with van der Waals surface area (Å²) in [5, 5.41) is 22.8. The molecule has 1 amide bonds. The van der Waals surface area contributed by atoms with E-state index in [2.05, 4.69) is 15.2 Å². The lowest BCUT2D eigenvalue weighted by Gasteiger charge is -2.26. The molecule has 1 saturated heterocycles. The monoisotopic (exact) mass is 449 g/mol. The van der Waals surface area contributed by atoms with Crippen LogP contribution in [0.2, 0.25) is 0 Å². The number of nitriles is 1. The molecular formula is C23H23N5O5. The van der Waals surface area contributed by atoms with E-state index in [-0.39, 0.29) is 16.5 Å². The van der Waals surface area contributed by atoms with Crippen molar-refractivity contribution < 1.29 is 19.4 Å². The molecule has 2 aromatic heterocycles. The van der Waals surface area contributed by atoms with Crippen LogP contribution < -0.4 is 15.6 Å². The fourth-order valence-corrected chi connectivity index (χ4v) is 3.65. The fraction of sp³-hybridized carbons (Fsp3) is 0.304. The Morgan fingerprint density at radius 2 is 2.00 bits per heavy atom. The second-order valence-electron chi connectivity index (χ2n) is 7.52. The topological polar surface area (TPSA) is 130 Å². The third-order valence-corrected chi connectivity index (χ3v) is 5.37. The van der Waals surface area contributed by atoms with Gasteiger partial charge in [-0.3, -0.25) is 9.69 Å². The zero-order valence-electron chi connectivity index (χ0n) is 17.9. The first-order valence-electron chi connectivity index (χ1n) is 10.5. The van der Waals surface area contributed by atoms with E-state index in [4.69, 9.17) is 9.47 Å². The molecule has 1 aliphatic rings. The maximum absolute atomic E-state index is 13.0. The summed E-state index contributed by atoms with van der Waals surface area (Å²) in [6.07, 6.45) is 0.705. The normalized spacial score (nSPS) is 14.0. The highest BCUT2D eigenvalue weighted by atomic mass is 16.6. The van der Waals surface area contributed by atoms with Gasteiger partial charge in [-0.15, -0.1) is 0 Å². The predicted octanol–water partition coefficient (Wildman–Crippen LogP) is 1.44. The van der Waals surface area contributed by atoms with Gasteiger partial charge in [-0.1, -0.05) is 30.3 Å². The number of benzene rings is 1. The van der Waals surface area contributed by atoms with Crippen LogP contribution in [0.4, 0.5) is 4.79 Å². The third-order valence-electron chi connectivity index (χ3n) is 5.37. The minimum atomic E-state index is -0.813. The third kappa shape index (κ3) is 5.11. The number of aromatic nitrogens is 2. The van der Waals surface area contributed by atoms with Gasteiger partial charge < -0.3 is 24.5 Å². The molecule has 3 aromatic rings. The first-order chi connectivity index (χ1) is 16.1. The van der Waals surface area contributed by atoms with E-state index < -0.39 is 23.3 Å². The number of ether oxygens (including phenoxy) is 2. The Balaban J connectivity index is 1.53. The lowest BCUT2D eigenvalue weighted by molar-refractivity contribution is 0.0385. The largest absolute Gasteiger partial charge is 0.503 e. The second kappa shape index (κ2) is 10.1. The molecule has 0 spiro atoms. The van der Waals surface area contributed by atoms with Crippen LogP contribution in [0.3, 0.4) is 0 Å². The number of aromatic hydroxyl groups is 1. The molecule has 0 saturated carbocycles. The lowest BCUT2D eigenvalue weighted by atomic mass is 10.1. The Labute approximate surface area is 189 Å². The first-order valence-corrected chi connectivity index (χ1v) is 10.5. The number of hydrogen-bond acceptors (Lipinski definition) is 8. The molecule has 4 rings (SSSR count). The highest BCUT2D eigenvalue weighted by molar-refractivity contribution is 5.92. The summed E-state index contributed by atoms with van der Waals surface area (Å²) in [6.45, 7) is 4.15. The van der Waals surface area contributed by atoms with Crippen LogP contribution in [-0.4, -0.2) is 65.0 Å². The van der Waals surface area contributed by atoms with Crippen LogP contribution in [0.5, 0.6) is 11.6 Å². The van der Waals surface area contributed by atoms with Crippen molar-refractivity contribution in [2.45, 2.75) is 6.54 Å². The quantitative estimate of drug-likeness (QED) is 0.578. The summed E-state index contributed by atoms with van der Waals surface area (Å²) >= 11 is 0. The number of nitrogens with zero attached hydrogens (tertiary/aromatic N) is 4. The second-order valence-corrected chi connectivity index (χ2v) is 7.52. The zero-order valence-corrected chi connectivity index (χ0v) is 17.9. The van der Waals surface area contributed by atoms with Crippen molar-refractivity contribution in [3.05, 3.63) is 64.2 Å². The molecule has 33 heavy (non-hydrogen) atoms. The van der Waals surface area contributed by atoms with Crippen LogP contribution in [0, 0.1) is 11.3 Å². The molecule has 1 aliphatic heterocycles. The molecule has 0 bridgehead atoms. The van der Waals surface area contributed by atoms with Crippen LogP contribution in [0.1, 0.15) is 11.3 Å². The number of rotatable bonds is 6. The summed E-state index contributed by atoms with van der Waals surface area (Å²) in [5.74, 6) is -0.903. The Morgan fingerprint density at radius 1 is 1.24 bits per heavy atom. The first kappa shape index (κ1) is 22.3. The van der Waals surface area contributed by atoms with Gasteiger partial charge in [0, 0.05) is 37.8 Å². The highest BCUT2D eigenvalue weighted by Crippen LogP contribution is 2.32. The van der Waals surface area contributed by atoms with Gasteiger partial charge in [-0.2, -0.15) is 10.2 Å². The Bertz CT molecular complexity index is 1250. The van der Waals surface area contributed by atoms with Gasteiger partial charge in [0.2, 0.25) is 0 Å². The van der Waals surface area contributed by atoms with Crippen LogP contribution in [0.15, 0.2) is 47.4 Å². The summed E-state index contributed by atoms with van der Waals surface area (Å²) in [6, 6.07) is 12.7. The molecule has 0 atom stereocenters. The highest BCUT2D eigenvalue weighted by Gasteiger charge is 2.20. The number of fused-ring (bicyclic) bond motifs is 1. The van der Waals surface area contributed by atoms with Gasteiger partial charge in [0.25, 0.3) is 11.4 Å². The lowest BCUT2D eigenvalue weighted by Crippen LogP contribution is -2.41. The Hall–Kier alpha value is -3.94. The molecule has 10 heteroatoms. The number of morpholine rings is 1. The molecule has 0 unspecified atom stereocenters. The Kier molecular flexibility index (Phi) is 6.83. The molecule has 2 N–H and O–H groups in total. The van der Waals surface area contributed by atoms with Gasteiger partial charge >= 0.3 is 6.09 Å². The molecule has 1 aromatic carbocycles. The molecule has 3 heterocycles. The van der Waals surface area contributed by atoms with Crippen molar-refractivity contribution in [3.8, 4) is 17.7 Å². The van der Waals surface area contributed by atoms with Gasteiger partial charge in [0.1, 0.15) is 6.07 Å². The number of carbonyl (C=O) groups is 1. The van der Waals surface area contributed by atoms with E-state index in [0.29, 0.717) is 32.8 Å². The van der Waals surface area contributed by atoms with Gasteiger partial charge in [-0.25, -0.2) is 4.79 Å². The predicted molar refractivity (Wildman–Crippen MR) is 119 cm³/mol. The number of amides is 1. The van der Waals surface area contributed by atoms with Gasteiger partial charge in [0.15, 0.2) is 11.4 Å². The SMILES string of the molecule is N#Cc1nc(OC(=O)NCCN2CCOCC2)c(O)c2ccn(Cc3ccccc3)c(=O)c12. The van der Waals surface area contributed by atoms with E-state index in [1.54, 1.807) is 0 Å². The molecule has 10 nitrogen and oxygen atoms in total. The van der Waals surface area contributed by atoms with E-state index in [1.165, 1.54) is 16.8 Å². The smallest absolute Gasteiger partial charge is 0.414 e. The minimum Gasteiger partial charge on any atom is -0.503 e. The number of pyridine rings is 2. The molecule has 0 radical (unpaired) electrons. The maximum Gasteiger partial charge on any atom is 0.414 e. The summed E-state index contributed by atoms with van der Waals surface area (Å²) in [7, 11) is 0. The van der Waals surface area contributed by atoms with Crippen molar-refractivity contribution in [1.29, 1.82) is 5.26 Å². The van der Waals surface area contributed by atoms with E-state index in [9.17, 15) is 20.0 Å². The van der Waals surface area contributed by atoms with Crippen LogP contribution in [-0.2, 0) is 11.3 Å². The van der Waals surface area contributed by atoms with E-state index in [0.717, 1.165) is 18.7 Å². The molecule has 170 valence electrons. The van der Waals surface area contributed by atoms with Crippen molar-refractivity contribution in [3.63, 3.8) is 0 Å². The number of hydrogen-bond donors (Lipinski definition) is 2. The average molecular weight is 449 g/mol. The molecule has 0 aliphatic carbocycles. The summed E-state index contributed by atoms with van der Waals surface area (Å²) < 4.78 is 11.8. The maximum atomic E-state index is 13.0. The number of nitrogens with one attached hydrogen (secondary N) is 1. The molecule has 1 fully saturated rings. The molecular weight excluding hydrogens is 426 g/mol. The zero-order chi connectivity index (χ0) is 23.2. The van der Waals surface area contributed by atoms with Gasteiger partial charge in [-0.05, 0) is 11.6 Å². The van der Waals surface area contributed by atoms with Crippen molar-refractivity contribution in [1.82, 2.24) is 19.8 Å². The van der Waals surface area contributed by atoms with Gasteiger partial charge in [0.05, 0.1) is 25.1 Å².